The molecule has 2 aromatic heterocycles. The van der Waals surface area contributed by atoms with Gasteiger partial charge in [-0.15, -0.1) is 0 Å². The Morgan fingerprint density at radius 3 is 3.18 bits per heavy atom. The Morgan fingerprint density at radius 1 is 1.55 bits per heavy atom. The Morgan fingerprint density at radius 2 is 2.36 bits per heavy atom. The van der Waals surface area contributed by atoms with Crippen molar-refractivity contribution in [3.05, 3.63) is 33.7 Å². The normalized spacial score (nSPS) is 10.7. The van der Waals surface area contributed by atoms with Crippen molar-refractivity contribution in [3.63, 3.8) is 0 Å². The standard InChI is InChI=1S/C8H7IN2/c1-6-2-3-11-8(4-6)7(9)5-10-11/h2-5H,1H3. The average molecular weight is 258 g/mol. The summed E-state index contributed by atoms with van der Waals surface area (Å²) in [5.41, 5.74) is 2.46. The zero-order valence-electron chi connectivity index (χ0n) is 6.08. The molecule has 56 valence electrons. The van der Waals surface area contributed by atoms with Gasteiger partial charge in [-0.2, -0.15) is 5.10 Å². The number of aryl methyl sites for hydroxylation is 1. The number of pyridine rings is 1. The predicted molar refractivity (Wildman–Crippen MR) is 52.6 cm³/mol. The smallest absolute Gasteiger partial charge is 0.0797 e. The topological polar surface area (TPSA) is 17.3 Å². The molecule has 0 bridgehead atoms. The van der Waals surface area contributed by atoms with E-state index in [1.165, 1.54) is 14.7 Å². The zero-order valence-corrected chi connectivity index (χ0v) is 8.24. The molecule has 0 aliphatic heterocycles. The second-order valence-corrected chi connectivity index (χ2v) is 3.69. The maximum Gasteiger partial charge on any atom is 0.0797 e. The highest BCUT2D eigenvalue weighted by molar-refractivity contribution is 14.1. The van der Waals surface area contributed by atoms with Gasteiger partial charge in [0.25, 0.3) is 0 Å². The summed E-state index contributed by atoms with van der Waals surface area (Å²) in [5, 5.41) is 4.17. The van der Waals surface area contributed by atoms with Gasteiger partial charge in [0.15, 0.2) is 0 Å². The van der Waals surface area contributed by atoms with Crippen molar-refractivity contribution in [3.8, 4) is 0 Å². The highest BCUT2D eigenvalue weighted by Crippen LogP contribution is 2.13. The molecule has 2 nitrogen and oxygen atoms in total. The molecule has 0 unspecified atom stereocenters. The molecule has 0 N–H and O–H groups in total. The van der Waals surface area contributed by atoms with Crippen molar-refractivity contribution in [2.24, 2.45) is 0 Å². The number of hydrogen-bond donors (Lipinski definition) is 0. The molecule has 0 atom stereocenters. The van der Waals surface area contributed by atoms with Crippen LogP contribution >= 0.6 is 22.6 Å². The summed E-state index contributed by atoms with van der Waals surface area (Å²) in [6.07, 6.45) is 3.85. The van der Waals surface area contributed by atoms with Gasteiger partial charge in [-0.3, -0.25) is 0 Å². The second kappa shape index (κ2) is 2.48. The molecule has 0 saturated carbocycles. The molecule has 0 saturated heterocycles. The molecule has 0 aliphatic rings. The number of fused-ring (bicyclic) bond motifs is 1. The molecule has 0 spiro atoms. The summed E-state index contributed by atoms with van der Waals surface area (Å²) in [5.74, 6) is 0. The van der Waals surface area contributed by atoms with Gasteiger partial charge in [-0.25, -0.2) is 4.52 Å². The Kier molecular flexibility index (Phi) is 1.60. The van der Waals surface area contributed by atoms with E-state index in [1.807, 2.05) is 16.9 Å². The average Bonchev–Trinajstić information content (AvgIpc) is 2.33. The monoisotopic (exact) mass is 258 g/mol. The summed E-state index contributed by atoms with van der Waals surface area (Å²) < 4.78 is 3.08. The Hall–Kier alpha value is -0.580. The minimum Gasteiger partial charge on any atom is -0.240 e. The molecule has 2 heterocycles. The molecule has 2 aromatic rings. The van der Waals surface area contributed by atoms with Crippen LogP contribution < -0.4 is 0 Å². The second-order valence-electron chi connectivity index (χ2n) is 2.53. The van der Waals surface area contributed by atoms with Crippen molar-refractivity contribution >= 4 is 28.1 Å². The number of hydrogen-bond acceptors (Lipinski definition) is 1. The van der Waals surface area contributed by atoms with Gasteiger partial charge < -0.3 is 0 Å². The lowest BCUT2D eigenvalue weighted by Gasteiger charge is -1.94. The van der Waals surface area contributed by atoms with Crippen LogP contribution in [-0.2, 0) is 0 Å². The highest BCUT2D eigenvalue weighted by atomic mass is 127. The molecular weight excluding hydrogens is 251 g/mol. The third-order valence-corrected chi connectivity index (χ3v) is 2.46. The summed E-state index contributed by atoms with van der Waals surface area (Å²) in [6, 6.07) is 4.19. The first kappa shape index (κ1) is 7.09. The predicted octanol–water partition coefficient (Wildman–Crippen LogP) is 2.25. The highest BCUT2D eigenvalue weighted by Gasteiger charge is 1.98. The van der Waals surface area contributed by atoms with E-state index < -0.39 is 0 Å². The van der Waals surface area contributed by atoms with E-state index in [4.69, 9.17) is 0 Å². The molecule has 0 fully saturated rings. The lowest BCUT2D eigenvalue weighted by atomic mass is 10.3. The first-order valence-corrected chi connectivity index (χ1v) is 4.45. The molecule has 0 aliphatic carbocycles. The molecule has 0 radical (unpaired) electrons. The Balaban J connectivity index is 2.87. The fourth-order valence-electron chi connectivity index (χ4n) is 1.06. The summed E-state index contributed by atoms with van der Waals surface area (Å²) in [4.78, 5) is 0. The van der Waals surface area contributed by atoms with Gasteiger partial charge in [0, 0.05) is 6.20 Å². The van der Waals surface area contributed by atoms with Gasteiger partial charge in [0.2, 0.25) is 0 Å². The summed E-state index contributed by atoms with van der Waals surface area (Å²) >= 11 is 2.29. The van der Waals surface area contributed by atoms with Crippen molar-refractivity contribution in [2.75, 3.05) is 0 Å². The largest absolute Gasteiger partial charge is 0.240 e. The molecule has 0 aromatic carbocycles. The fourth-order valence-corrected chi connectivity index (χ4v) is 1.58. The third kappa shape index (κ3) is 1.13. The van der Waals surface area contributed by atoms with Crippen molar-refractivity contribution in [1.82, 2.24) is 9.61 Å². The van der Waals surface area contributed by atoms with Crippen LogP contribution in [0.4, 0.5) is 0 Å². The summed E-state index contributed by atoms with van der Waals surface area (Å²) in [7, 11) is 0. The number of rotatable bonds is 0. The number of aromatic nitrogens is 2. The molecule has 3 heteroatoms. The lowest BCUT2D eigenvalue weighted by molar-refractivity contribution is 0.958. The summed E-state index contributed by atoms with van der Waals surface area (Å²) in [6.45, 7) is 2.09. The van der Waals surface area contributed by atoms with E-state index in [1.54, 1.807) is 0 Å². The van der Waals surface area contributed by atoms with Crippen molar-refractivity contribution in [2.45, 2.75) is 6.92 Å². The molecular formula is C8H7IN2. The van der Waals surface area contributed by atoms with E-state index in [0.29, 0.717) is 0 Å². The number of nitrogens with zero attached hydrogens (tertiary/aromatic N) is 2. The minimum atomic E-state index is 1.19. The SMILES string of the molecule is Cc1ccn2ncc(I)c2c1. The van der Waals surface area contributed by atoms with Crippen LogP contribution in [0.15, 0.2) is 24.5 Å². The molecule has 11 heavy (non-hydrogen) atoms. The maximum absolute atomic E-state index is 4.17. The van der Waals surface area contributed by atoms with Gasteiger partial charge in [0.05, 0.1) is 15.3 Å². The minimum absolute atomic E-state index is 1.19. The van der Waals surface area contributed by atoms with Crippen LogP contribution in [0.3, 0.4) is 0 Å². The van der Waals surface area contributed by atoms with E-state index >= 15 is 0 Å². The van der Waals surface area contributed by atoms with E-state index in [-0.39, 0.29) is 0 Å². The van der Waals surface area contributed by atoms with E-state index in [9.17, 15) is 0 Å². The van der Waals surface area contributed by atoms with Crippen LogP contribution in [0.1, 0.15) is 5.56 Å². The first-order chi connectivity index (χ1) is 5.27. The fraction of sp³-hybridized carbons (Fsp3) is 0.125. The molecule has 0 amide bonds. The van der Waals surface area contributed by atoms with Crippen LogP contribution in [0.5, 0.6) is 0 Å². The van der Waals surface area contributed by atoms with E-state index in [0.717, 1.165) is 0 Å². The van der Waals surface area contributed by atoms with Crippen LogP contribution in [0.25, 0.3) is 5.52 Å². The van der Waals surface area contributed by atoms with Crippen LogP contribution in [-0.4, -0.2) is 9.61 Å². The quantitative estimate of drug-likeness (QED) is 0.662. The van der Waals surface area contributed by atoms with Gasteiger partial charge in [-0.1, -0.05) is 0 Å². The van der Waals surface area contributed by atoms with Gasteiger partial charge >= 0.3 is 0 Å². The van der Waals surface area contributed by atoms with E-state index in [2.05, 4.69) is 46.7 Å². The first-order valence-electron chi connectivity index (χ1n) is 3.37. The van der Waals surface area contributed by atoms with Gasteiger partial charge in [0.1, 0.15) is 0 Å². The van der Waals surface area contributed by atoms with Crippen molar-refractivity contribution < 1.29 is 0 Å². The van der Waals surface area contributed by atoms with Crippen molar-refractivity contribution in [1.29, 1.82) is 0 Å². The zero-order chi connectivity index (χ0) is 7.84. The maximum atomic E-state index is 4.17. The lowest BCUT2D eigenvalue weighted by Crippen LogP contribution is -1.85. The Labute approximate surface area is 78.4 Å². The third-order valence-electron chi connectivity index (χ3n) is 1.63. The molecule has 2 rings (SSSR count). The van der Waals surface area contributed by atoms with Crippen LogP contribution in [0.2, 0.25) is 0 Å². The van der Waals surface area contributed by atoms with Crippen LogP contribution in [0, 0.1) is 10.5 Å². The van der Waals surface area contributed by atoms with Gasteiger partial charge in [-0.05, 0) is 47.2 Å². The number of halogens is 1. The Bertz CT molecular complexity index is 392.